The molecule has 1 aromatic carbocycles. The Morgan fingerprint density at radius 2 is 1.90 bits per heavy atom. The van der Waals surface area contributed by atoms with Crippen LogP contribution in [0.5, 0.6) is 0 Å². The maximum Gasteiger partial charge on any atom is 0.129 e. The lowest BCUT2D eigenvalue weighted by molar-refractivity contribution is 0.609. The molecule has 0 amide bonds. The Morgan fingerprint density at radius 3 is 2.50 bits per heavy atom. The van der Waals surface area contributed by atoms with Crippen LogP contribution in [-0.4, -0.2) is 16.3 Å². The molecule has 1 aromatic heterocycles. The molecule has 0 aliphatic rings. The quantitative estimate of drug-likeness (QED) is 0.848. The van der Waals surface area contributed by atoms with Crippen molar-refractivity contribution >= 4 is 0 Å². The van der Waals surface area contributed by atoms with Crippen LogP contribution < -0.4 is 5.32 Å². The van der Waals surface area contributed by atoms with Gasteiger partial charge in [0.15, 0.2) is 0 Å². The van der Waals surface area contributed by atoms with Crippen molar-refractivity contribution in [1.82, 2.24) is 15.1 Å². The normalized spacial score (nSPS) is 11.1. The minimum Gasteiger partial charge on any atom is -0.313 e. The summed E-state index contributed by atoms with van der Waals surface area (Å²) in [6, 6.07) is 3.74. The molecule has 0 saturated heterocycles. The van der Waals surface area contributed by atoms with Gasteiger partial charge in [0.25, 0.3) is 0 Å². The van der Waals surface area contributed by atoms with E-state index in [1.165, 1.54) is 0 Å². The van der Waals surface area contributed by atoms with E-state index in [9.17, 15) is 4.39 Å². The summed E-state index contributed by atoms with van der Waals surface area (Å²) in [5.74, 6) is -0.129. The van der Waals surface area contributed by atoms with Crippen molar-refractivity contribution in [3.05, 3.63) is 40.8 Å². The van der Waals surface area contributed by atoms with Gasteiger partial charge in [0.2, 0.25) is 0 Å². The molecule has 0 saturated carbocycles. The molecule has 2 rings (SSSR count). The molecule has 4 heteroatoms. The predicted molar refractivity (Wildman–Crippen MR) is 80.1 cm³/mol. The van der Waals surface area contributed by atoms with E-state index >= 15 is 0 Å². The van der Waals surface area contributed by atoms with E-state index in [1.807, 2.05) is 30.1 Å². The van der Waals surface area contributed by atoms with Crippen LogP contribution >= 0.6 is 0 Å². The molecule has 20 heavy (non-hydrogen) atoms. The van der Waals surface area contributed by atoms with E-state index < -0.39 is 0 Å². The van der Waals surface area contributed by atoms with Crippen LogP contribution in [0.2, 0.25) is 0 Å². The predicted octanol–water partition coefficient (Wildman–Crippen LogP) is 3.34. The molecule has 0 radical (unpaired) electrons. The van der Waals surface area contributed by atoms with Crippen LogP contribution in [0, 0.1) is 19.7 Å². The molecule has 0 atom stereocenters. The van der Waals surface area contributed by atoms with Crippen molar-refractivity contribution < 1.29 is 4.39 Å². The van der Waals surface area contributed by atoms with Crippen molar-refractivity contribution in [3.8, 4) is 11.3 Å². The summed E-state index contributed by atoms with van der Waals surface area (Å²) in [5.41, 5.74) is 4.39. The zero-order chi connectivity index (χ0) is 14.7. The van der Waals surface area contributed by atoms with Crippen molar-refractivity contribution in [2.75, 3.05) is 6.54 Å². The molecule has 1 heterocycles. The topological polar surface area (TPSA) is 29.9 Å². The molecule has 0 spiro atoms. The van der Waals surface area contributed by atoms with Gasteiger partial charge in [0.1, 0.15) is 5.82 Å². The van der Waals surface area contributed by atoms with Crippen molar-refractivity contribution in [1.29, 1.82) is 0 Å². The fourth-order valence-electron chi connectivity index (χ4n) is 2.39. The third-order valence-electron chi connectivity index (χ3n) is 3.36. The van der Waals surface area contributed by atoms with E-state index in [0.717, 1.165) is 36.3 Å². The summed E-state index contributed by atoms with van der Waals surface area (Å²) < 4.78 is 15.6. The number of aryl methyl sites for hydroxylation is 3. The molecule has 0 bridgehead atoms. The van der Waals surface area contributed by atoms with Gasteiger partial charge in [-0.15, -0.1) is 0 Å². The van der Waals surface area contributed by atoms with Crippen LogP contribution in [0.3, 0.4) is 0 Å². The fraction of sp³-hybridized carbons (Fsp3) is 0.438. The van der Waals surface area contributed by atoms with Gasteiger partial charge in [0.05, 0.1) is 5.69 Å². The number of rotatable bonds is 5. The first-order valence-corrected chi connectivity index (χ1v) is 7.03. The van der Waals surface area contributed by atoms with Gasteiger partial charge in [-0.3, -0.25) is 4.68 Å². The monoisotopic (exact) mass is 275 g/mol. The second-order valence-electron chi connectivity index (χ2n) is 5.28. The summed E-state index contributed by atoms with van der Waals surface area (Å²) >= 11 is 0. The first-order valence-electron chi connectivity index (χ1n) is 7.03. The Balaban J connectivity index is 2.37. The Hall–Kier alpha value is -1.68. The Morgan fingerprint density at radius 1 is 1.25 bits per heavy atom. The summed E-state index contributed by atoms with van der Waals surface area (Å²) in [6.45, 7) is 7.50. The van der Waals surface area contributed by atoms with Crippen LogP contribution in [0.15, 0.2) is 18.3 Å². The second-order valence-corrected chi connectivity index (χ2v) is 5.28. The minimum absolute atomic E-state index is 0.129. The molecular formula is C16H22FN3. The SMILES string of the molecule is CCCNCc1cn(C)nc1-c1cc(C)c(F)c(C)c1. The fourth-order valence-corrected chi connectivity index (χ4v) is 2.39. The third-order valence-corrected chi connectivity index (χ3v) is 3.36. The molecule has 3 nitrogen and oxygen atoms in total. The highest BCUT2D eigenvalue weighted by Gasteiger charge is 2.12. The zero-order valence-corrected chi connectivity index (χ0v) is 12.6. The molecule has 108 valence electrons. The number of nitrogens with one attached hydrogen (secondary N) is 1. The number of hydrogen-bond donors (Lipinski definition) is 1. The lowest BCUT2D eigenvalue weighted by atomic mass is 10.0. The molecule has 2 aromatic rings. The maximum atomic E-state index is 13.7. The van der Waals surface area contributed by atoms with Crippen molar-refractivity contribution in [2.24, 2.45) is 7.05 Å². The molecule has 1 N–H and O–H groups in total. The number of aromatic nitrogens is 2. The van der Waals surface area contributed by atoms with Crippen LogP contribution in [0.25, 0.3) is 11.3 Å². The molecule has 0 unspecified atom stereocenters. The smallest absolute Gasteiger partial charge is 0.129 e. The summed E-state index contributed by atoms with van der Waals surface area (Å²) in [4.78, 5) is 0. The van der Waals surface area contributed by atoms with Crippen LogP contribution in [-0.2, 0) is 13.6 Å². The second kappa shape index (κ2) is 6.18. The number of nitrogens with zero attached hydrogens (tertiary/aromatic N) is 2. The largest absolute Gasteiger partial charge is 0.313 e. The van der Waals surface area contributed by atoms with Gasteiger partial charge >= 0.3 is 0 Å². The lowest BCUT2D eigenvalue weighted by Gasteiger charge is -2.07. The van der Waals surface area contributed by atoms with Gasteiger partial charge in [0, 0.05) is 30.9 Å². The van der Waals surface area contributed by atoms with Gasteiger partial charge < -0.3 is 5.32 Å². The highest BCUT2D eigenvalue weighted by atomic mass is 19.1. The standard InChI is InChI=1S/C16H22FN3/c1-5-6-18-9-14-10-20(4)19-16(14)13-7-11(2)15(17)12(3)8-13/h7-8,10,18H,5-6,9H2,1-4H3. The third kappa shape index (κ3) is 3.07. The average molecular weight is 275 g/mol. The Bertz CT molecular complexity index is 579. The van der Waals surface area contributed by atoms with Crippen molar-refractivity contribution in [3.63, 3.8) is 0 Å². The molecule has 0 aliphatic heterocycles. The first kappa shape index (κ1) is 14.7. The Kier molecular flexibility index (Phi) is 4.55. The Labute approximate surface area is 119 Å². The maximum absolute atomic E-state index is 13.7. The highest BCUT2D eigenvalue weighted by molar-refractivity contribution is 5.64. The van der Waals surface area contributed by atoms with Gasteiger partial charge in [-0.2, -0.15) is 5.10 Å². The molecule has 0 aliphatic carbocycles. The highest BCUT2D eigenvalue weighted by Crippen LogP contribution is 2.26. The average Bonchev–Trinajstić information content (AvgIpc) is 2.77. The van der Waals surface area contributed by atoms with Gasteiger partial charge in [-0.05, 0) is 50.1 Å². The number of benzene rings is 1. The van der Waals surface area contributed by atoms with Gasteiger partial charge in [-0.1, -0.05) is 6.92 Å². The van der Waals surface area contributed by atoms with E-state index in [2.05, 4.69) is 17.3 Å². The van der Waals surface area contributed by atoms with E-state index in [-0.39, 0.29) is 5.82 Å². The van der Waals surface area contributed by atoms with Crippen LogP contribution in [0.4, 0.5) is 4.39 Å². The van der Waals surface area contributed by atoms with E-state index in [4.69, 9.17) is 0 Å². The summed E-state index contributed by atoms with van der Waals surface area (Å²) in [7, 11) is 1.91. The first-order chi connectivity index (χ1) is 9.52. The molecule has 0 fully saturated rings. The van der Waals surface area contributed by atoms with E-state index in [1.54, 1.807) is 13.8 Å². The summed E-state index contributed by atoms with van der Waals surface area (Å²) in [6.07, 6.45) is 3.12. The van der Waals surface area contributed by atoms with E-state index in [0.29, 0.717) is 11.1 Å². The summed E-state index contributed by atoms with van der Waals surface area (Å²) in [5, 5.41) is 7.91. The molecular weight excluding hydrogens is 253 g/mol. The zero-order valence-electron chi connectivity index (χ0n) is 12.6. The minimum atomic E-state index is -0.129. The lowest BCUT2D eigenvalue weighted by Crippen LogP contribution is -2.13. The van der Waals surface area contributed by atoms with Crippen LogP contribution in [0.1, 0.15) is 30.0 Å². The number of hydrogen-bond acceptors (Lipinski definition) is 2. The number of halogens is 1. The van der Waals surface area contributed by atoms with Crippen molar-refractivity contribution in [2.45, 2.75) is 33.7 Å². The van der Waals surface area contributed by atoms with Gasteiger partial charge in [-0.25, -0.2) is 4.39 Å².